The third-order valence-corrected chi connectivity index (χ3v) is 7.03. The molecule has 32 heavy (non-hydrogen) atoms. The Balaban J connectivity index is 1.42. The number of likely N-dealkylation sites (tertiary alicyclic amines) is 1. The molecule has 0 bridgehead atoms. The Morgan fingerprint density at radius 1 is 1.03 bits per heavy atom. The summed E-state index contributed by atoms with van der Waals surface area (Å²) in [7, 11) is 0. The minimum absolute atomic E-state index is 0.0522. The van der Waals surface area contributed by atoms with Gasteiger partial charge in [-0.25, -0.2) is 4.39 Å². The highest BCUT2D eigenvalue weighted by Crippen LogP contribution is 2.45. The van der Waals surface area contributed by atoms with Crippen molar-refractivity contribution in [3.63, 3.8) is 0 Å². The molecule has 1 saturated heterocycles. The first kappa shape index (κ1) is 20.8. The monoisotopic (exact) mass is 429 g/mol. The molecular formula is C27H28FN3O. The van der Waals surface area contributed by atoms with Gasteiger partial charge in [-0.3, -0.25) is 14.8 Å². The SMILES string of the molecule is O=C(N1CCCC1c1cncc(Cc2cccc(F)c2)n1)C1(c2ccccc2)CCCC1. The first-order valence-corrected chi connectivity index (χ1v) is 11.6. The molecule has 0 spiro atoms. The molecule has 1 aliphatic carbocycles. The maximum absolute atomic E-state index is 14.0. The van der Waals surface area contributed by atoms with E-state index in [1.165, 1.54) is 12.1 Å². The van der Waals surface area contributed by atoms with Gasteiger partial charge in [-0.1, -0.05) is 55.3 Å². The number of amides is 1. The Labute approximate surface area is 188 Å². The van der Waals surface area contributed by atoms with Crippen LogP contribution in [-0.2, 0) is 16.6 Å². The van der Waals surface area contributed by atoms with Crippen molar-refractivity contribution in [2.24, 2.45) is 0 Å². The van der Waals surface area contributed by atoms with Gasteiger partial charge in [0.1, 0.15) is 5.82 Å². The molecular weight excluding hydrogens is 401 g/mol. The Hall–Kier alpha value is -3.08. The van der Waals surface area contributed by atoms with Crippen molar-refractivity contribution in [2.75, 3.05) is 6.54 Å². The second kappa shape index (κ2) is 8.81. The number of halogens is 1. The largest absolute Gasteiger partial charge is 0.333 e. The van der Waals surface area contributed by atoms with Gasteiger partial charge >= 0.3 is 0 Å². The summed E-state index contributed by atoms with van der Waals surface area (Å²) < 4.78 is 13.6. The normalized spacial score (nSPS) is 19.9. The number of nitrogens with zero attached hydrogens (tertiary/aromatic N) is 3. The molecule has 5 rings (SSSR count). The molecule has 1 amide bonds. The summed E-state index contributed by atoms with van der Waals surface area (Å²) in [4.78, 5) is 25.3. The van der Waals surface area contributed by atoms with Crippen LogP contribution in [-0.4, -0.2) is 27.3 Å². The number of rotatable bonds is 5. The predicted molar refractivity (Wildman–Crippen MR) is 122 cm³/mol. The fourth-order valence-corrected chi connectivity index (χ4v) is 5.48. The first-order chi connectivity index (χ1) is 15.7. The molecule has 2 heterocycles. The minimum Gasteiger partial charge on any atom is -0.333 e. The van der Waals surface area contributed by atoms with Crippen LogP contribution < -0.4 is 0 Å². The number of hydrogen-bond acceptors (Lipinski definition) is 3. The van der Waals surface area contributed by atoms with Gasteiger partial charge in [-0.2, -0.15) is 0 Å². The molecule has 5 heteroatoms. The molecule has 1 aromatic heterocycles. The summed E-state index contributed by atoms with van der Waals surface area (Å²) in [6.07, 6.45) is 9.89. The maximum atomic E-state index is 14.0. The van der Waals surface area contributed by atoms with E-state index in [0.29, 0.717) is 6.42 Å². The standard InChI is InChI=1S/C27H28FN3O/c28-22-11-6-8-20(16-22)17-23-18-29-19-24(30-23)25-12-7-15-31(25)26(32)27(13-4-5-14-27)21-9-2-1-3-10-21/h1-3,6,8-11,16,18-19,25H,4-5,7,12-15,17H2. The summed E-state index contributed by atoms with van der Waals surface area (Å²) in [6.45, 7) is 0.758. The quantitative estimate of drug-likeness (QED) is 0.547. The lowest BCUT2D eigenvalue weighted by atomic mass is 9.77. The molecule has 0 N–H and O–H groups in total. The zero-order valence-electron chi connectivity index (χ0n) is 18.2. The smallest absolute Gasteiger partial charge is 0.233 e. The fourth-order valence-electron chi connectivity index (χ4n) is 5.48. The van der Waals surface area contributed by atoms with E-state index >= 15 is 0 Å². The van der Waals surface area contributed by atoms with E-state index in [2.05, 4.69) is 17.1 Å². The van der Waals surface area contributed by atoms with E-state index in [1.54, 1.807) is 18.5 Å². The highest BCUT2D eigenvalue weighted by Gasteiger charge is 2.47. The molecule has 1 saturated carbocycles. The van der Waals surface area contributed by atoms with Gasteiger partial charge in [-0.15, -0.1) is 0 Å². The Morgan fingerprint density at radius 3 is 2.62 bits per heavy atom. The van der Waals surface area contributed by atoms with Crippen LogP contribution in [0.5, 0.6) is 0 Å². The molecule has 3 aromatic rings. The van der Waals surface area contributed by atoms with Gasteiger partial charge in [0.05, 0.1) is 29.0 Å². The van der Waals surface area contributed by atoms with E-state index in [1.807, 2.05) is 29.2 Å². The van der Waals surface area contributed by atoms with Gasteiger partial charge < -0.3 is 4.90 Å². The van der Waals surface area contributed by atoms with Crippen molar-refractivity contribution in [1.82, 2.24) is 14.9 Å². The van der Waals surface area contributed by atoms with Crippen LogP contribution in [0.4, 0.5) is 4.39 Å². The molecule has 4 nitrogen and oxygen atoms in total. The molecule has 1 aliphatic heterocycles. The summed E-state index contributed by atoms with van der Waals surface area (Å²) >= 11 is 0. The molecule has 2 fully saturated rings. The number of carbonyl (C=O) groups excluding carboxylic acids is 1. The highest BCUT2D eigenvalue weighted by atomic mass is 19.1. The van der Waals surface area contributed by atoms with Crippen LogP contribution in [0.2, 0.25) is 0 Å². The molecule has 0 radical (unpaired) electrons. The molecule has 1 atom stereocenters. The average Bonchev–Trinajstić information content (AvgIpc) is 3.50. The van der Waals surface area contributed by atoms with E-state index < -0.39 is 5.41 Å². The molecule has 164 valence electrons. The topological polar surface area (TPSA) is 46.1 Å². The number of carbonyl (C=O) groups is 1. The number of aromatic nitrogens is 2. The van der Waals surface area contributed by atoms with Crippen LogP contribution in [0.3, 0.4) is 0 Å². The third-order valence-electron chi connectivity index (χ3n) is 7.03. The maximum Gasteiger partial charge on any atom is 0.233 e. The average molecular weight is 430 g/mol. The van der Waals surface area contributed by atoms with Crippen molar-refractivity contribution in [3.05, 3.63) is 95.3 Å². The van der Waals surface area contributed by atoms with Gasteiger partial charge in [0, 0.05) is 19.2 Å². The Morgan fingerprint density at radius 2 is 1.84 bits per heavy atom. The number of benzene rings is 2. The fraction of sp³-hybridized carbons (Fsp3) is 0.370. The third kappa shape index (κ3) is 3.92. The summed E-state index contributed by atoms with van der Waals surface area (Å²) in [5, 5.41) is 0. The van der Waals surface area contributed by atoms with Gasteiger partial charge in [-0.05, 0) is 48.9 Å². The van der Waals surface area contributed by atoms with Crippen molar-refractivity contribution in [2.45, 2.75) is 56.4 Å². The van der Waals surface area contributed by atoms with Crippen molar-refractivity contribution in [3.8, 4) is 0 Å². The number of hydrogen-bond donors (Lipinski definition) is 0. The Bertz CT molecular complexity index is 1090. The van der Waals surface area contributed by atoms with Gasteiger partial charge in [0.15, 0.2) is 0 Å². The van der Waals surface area contributed by atoms with E-state index in [9.17, 15) is 9.18 Å². The summed E-state index contributed by atoms with van der Waals surface area (Å²) in [5.41, 5.74) is 3.22. The molecule has 2 aromatic carbocycles. The lowest BCUT2D eigenvalue weighted by Gasteiger charge is -2.35. The van der Waals surface area contributed by atoms with Crippen molar-refractivity contribution in [1.29, 1.82) is 0 Å². The highest BCUT2D eigenvalue weighted by molar-refractivity contribution is 5.89. The van der Waals surface area contributed by atoms with Crippen molar-refractivity contribution >= 4 is 5.91 Å². The second-order valence-electron chi connectivity index (χ2n) is 9.05. The van der Waals surface area contributed by atoms with E-state index in [0.717, 1.165) is 67.6 Å². The molecule has 2 aliphatic rings. The zero-order valence-corrected chi connectivity index (χ0v) is 18.2. The van der Waals surface area contributed by atoms with Crippen LogP contribution in [0.1, 0.15) is 67.1 Å². The minimum atomic E-state index is -0.420. The van der Waals surface area contributed by atoms with Gasteiger partial charge in [0.2, 0.25) is 5.91 Å². The Kier molecular flexibility index (Phi) is 5.73. The molecule has 1 unspecified atom stereocenters. The van der Waals surface area contributed by atoms with Crippen molar-refractivity contribution < 1.29 is 9.18 Å². The zero-order chi connectivity index (χ0) is 22.0. The van der Waals surface area contributed by atoms with Gasteiger partial charge in [0.25, 0.3) is 0 Å². The lowest BCUT2D eigenvalue weighted by Crippen LogP contribution is -2.45. The van der Waals surface area contributed by atoms with Crippen LogP contribution in [0, 0.1) is 5.82 Å². The lowest BCUT2D eigenvalue weighted by molar-refractivity contribution is -0.138. The van der Waals surface area contributed by atoms with E-state index in [-0.39, 0.29) is 17.8 Å². The van der Waals surface area contributed by atoms with Crippen LogP contribution in [0.25, 0.3) is 0 Å². The van der Waals surface area contributed by atoms with E-state index in [4.69, 9.17) is 4.98 Å². The first-order valence-electron chi connectivity index (χ1n) is 11.6. The van der Waals surface area contributed by atoms with Crippen LogP contribution in [0.15, 0.2) is 67.0 Å². The predicted octanol–water partition coefficient (Wildman–Crippen LogP) is 5.38. The van der Waals surface area contributed by atoms with Crippen LogP contribution >= 0.6 is 0 Å². The summed E-state index contributed by atoms with van der Waals surface area (Å²) in [6, 6.07) is 16.8. The summed E-state index contributed by atoms with van der Waals surface area (Å²) in [5.74, 6) is -0.0111. The second-order valence-corrected chi connectivity index (χ2v) is 9.05.